The molecule has 4 aliphatic rings. The number of hydrogen-bond acceptors (Lipinski definition) is 2. The molecule has 1 saturated heterocycles. The second-order valence-electron chi connectivity index (χ2n) is 8.70. The first-order valence-electron chi connectivity index (χ1n) is 8.80. The molecule has 0 aromatic heterocycles. The molecule has 0 bridgehead atoms. The topological polar surface area (TPSA) is 21.8 Å². The van der Waals surface area contributed by atoms with Gasteiger partial charge in [-0.3, -0.25) is 0 Å². The van der Waals surface area contributed by atoms with Gasteiger partial charge in [0.1, 0.15) is 0 Å². The average molecular weight is 290 g/mol. The fourth-order valence-electron chi connectivity index (χ4n) is 6.46. The molecule has 0 radical (unpaired) electrons. The van der Waals surface area contributed by atoms with Crippen LogP contribution in [0.4, 0.5) is 0 Å². The van der Waals surface area contributed by atoms with Crippen molar-refractivity contribution in [1.82, 2.24) is 0 Å². The molecule has 0 aromatic rings. The Kier molecular flexibility index (Phi) is 2.96. The highest BCUT2D eigenvalue weighted by Crippen LogP contribution is 2.73. The van der Waals surface area contributed by atoms with E-state index < -0.39 is 0 Å². The summed E-state index contributed by atoms with van der Waals surface area (Å²) in [6.07, 6.45) is 9.50. The van der Waals surface area contributed by atoms with E-state index in [1.54, 1.807) is 0 Å². The Morgan fingerprint density at radius 2 is 2.10 bits per heavy atom. The predicted molar refractivity (Wildman–Crippen MR) is 84.1 cm³/mol. The van der Waals surface area contributed by atoms with Gasteiger partial charge in [-0.2, -0.15) is 0 Å². The molecule has 6 unspecified atom stereocenters. The number of rotatable bonds is 2. The fourth-order valence-corrected chi connectivity index (χ4v) is 6.46. The molecule has 4 fully saturated rings. The van der Waals surface area contributed by atoms with E-state index in [2.05, 4.69) is 20.4 Å². The van der Waals surface area contributed by atoms with E-state index in [9.17, 15) is 0 Å². The molecule has 2 nitrogen and oxygen atoms in total. The molecule has 1 heterocycles. The van der Waals surface area contributed by atoms with Gasteiger partial charge in [-0.15, -0.1) is 0 Å². The Morgan fingerprint density at radius 3 is 2.86 bits per heavy atom. The maximum Gasteiger partial charge on any atom is 0.0923 e. The van der Waals surface area contributed by atoms with E-state index in [1.165, 1.54) is 44.1 Å². The van der Waals surface area contributed by atoms with Crippen molar-refractivity contribution in [3.8, 4) is 0 Å². The maximum atomic E-state index is 6.10. The van der Waals surface area contributed by atoms with Crippen LogP contribution in [-0.4, -0.2) is 25.4 Å². The normalized spacial score (nSPS) is 55.4. The monoisotopic (exact) mass is 290 g/mol. The standard InChI is InChI=1S/C19H30O2/c1-13-7-8-16-18(3,21-16)10-14-6-5-9-17(2)11-15(13)19(14,17)12-20-4/h14-16H,1,5-12H2,2-4H3. The molecule has 4 rings (SSSR count). The van der Waals surface area contributed by atoms with Gasteiger partial charge in [0.15, 0.2) is 0 Å². The lowest BCUT2D eigenvalue weighted by Gasteiger charge is -2.69. The first-order chi connectivity index (χ1) is 9.95. The van der Waals surface area contributed by atoms with Crippen LogP contribution >= 0.6 is 0 Å². The lowest BCUT2D eigenvalue weighted by atomic mass is 9.35. The minimum Gasteiger partial charge on any atom is -0.384 e. The Hall–Kier alpha value is -0.340. The summed E-state index contributed by atoms with van der Waals surface area (Å²) in [7, 11) is 1.89. The number of fused-ring (bicyclic) bond motifs is 1. The summed E-state index contributed by atoms with van der Waals surface area (Å²) >= 11 is 0. The van der Waals surface area contributed by atoms with Gasteiger partial charge < -0.3 is 9.47 Å². The van der Waals surface area contributed by atoms with Gasteiger partial charge >= 0.3 is 0 Å². The minimum atomic E-state index is 0.147. The number of allylic oxidation sites excluding steroid dienone is 1. The lowest BCUT2D eigenvalue weighted by molar-refractivity contribution is -0.219. The molecule has 0 spiro atoms. The van der Waals surface area contributed by atoms with Crippen molar-refractivity contribution < 1.29 is 9.47 Å². The van der Waals surface area contributed by atoms with Crippen LogP contribution in [0.2, 0.25) is 0 Å². The van der Waals surface area contributed by atoms with Crippen LogP contribution < -0.4 is 0 Å². The van der Waals surface area contributed by atoms with E-state index in [0.717, 1.165) is 18.9 Å². The van der Waals surface area contributed by atoms with Crippen LogP contribution in [-0.2, 0) is 9.47 Å². The molecule has 0 amide bonds. The Balaban J connectivity index is 1.75. The summed E-state index contributed by atoms with van der Waals surface area (Å²) in [6, 6.07) is 0. The third kappa shape index (κ3) is 1.72. The van der Waals surface area contributed by atoms with Gasteiger partial charge in [0.05, 0.1) is 18.3 Å². The van der Waals surface area contributed by atoms with Crippen molar-refractivity contribution >= 4 is 0 Å². The second kappa shape index (κ2) is 4.35. The summed E-state index contributed by atoms with van der Waals surface area (Å²) in [5.74, 6) is 1.44. The van der Waals surface area contributed by atoms with Crippen molar-refractivity contribution in [1.29, 1.82) is 0 Å². The third-order valence-electron chi connectivity index (χ3n) is 7.70. The molecule has 21 heavy (non-hydrogen) atoms. The Labute approximate surface area is 129 Å². The zero-order valence-corrected chi connectivity index (χ0v) is 13.9. The van der Waals surface area contributed by atoms with Gasteiger partial charge in [0.25, 0.3) is 0 Å². The lowest BCUT2D eigenvalue weighted by Crippen LogP contribution is -2.65. The largest absolute Gasteiger partial charge is 0.384 e. The van der Waals surface area contributed by atoms with Crippen molar-refractivity contribution in [3.05, 3.63) is 12.2 Å². The Bertz CT molecular complexity index is 472. The third-order valence-corrected chi connectivity index (χ3v) is 7.70. The van der Waals surface area contributed by atoms with E-state index in [-0.39, 0.29) is 5.60 Å². The van der Waals surface area contributed by atoms with Crippen molar-refractivity contribution in [3.63, 3.8) is 0 Å². The zero-order chi connectivity index (χ0) is 14.9. The maximum absolute atomic E-state index is 6.10. The van der Waals surface area contributed by atoms with E-state index in [0.29, 0.717) is 22.9 Å². The zero-order valence-electron chi connectivity index (χ0n) is 13.9. The van der Waals surface area contributed by atoms with Crippen molar-refractivity contribution in [2.24, 2.45) is 22.7 Å². The molecular weight excluding hydrogens is 260 g/mol. The molecule has 0 N–H and O–H groups in total. The van der Waals surface area contributed by atoms with Crippen molar-refractivity contribution in [2.45, 2.75) is 70.5 Å². The number of ether oxygens (including phenoxy) is 2. The summed E-state index contributed by atoms with van der Waals surface area (Å²) in [5.41, 5.74) is 2.43. The van der Waals surface area contributed by atoms with Gasteiger partial charge in [-0.05, 0) is 62.7 Å². The average Bonchev–Trinajstić information content (AvgIpc) is 3.06. The van der Waals surface area contributed by atoms with Crippen LogP contribution in [0.3, 0.4) is 0 Å². The van der Waals surface area contributed by atoms with E-state index in [1.807, 2.05) is 7.11 Å². The highest BCUT2D eigenvalue weighted by atomic mass is 16.6. The van der Waals surface area contributed by atoms with E-state index >= 15 is 0 Å². The summed E-state index contributed by atoms with van der Waals surface area (Å²) < 4.78 is 11.9. The molecule has 6 atom stereocenters. The summed E-state index contributed by atoms with van der Waals surface area (Å²) in [6.45, 7) is 10.3. The molecule has 118 valence electrons. The first-order valence-corrected chi connectivity index (χ1v) is 8.80. The Morgan fingerprint density at radius 1 is 1.29 bits per heavy atom. The van der Waals surface area contributed by atoms with Gasteiger partial charge in [-0.1, -0.05) is 25.5 Å². The molecule has 1 aliphatic heterocycles. The molecule has 3 aliphatic carbocycles. The molecule has 0 aromatic carbocycles. The van der Waals surface area contributed by atoms with Gasteiger partial charge in [-0.25, -0.2) is 0 Å². The first kappa shape index (κ1) is 14.3. The highest BCUT2D eigenvalue weighted by Gasteiger charge is 2.69. The molecule has 2 heteroatoms. The van der Waals surface area contributed by atoms with Crippen LogP contribution in [0.5, 0.6) is 0 Å². The summed E-state index contributed by atoms with van der Waals surface area (Å²) in [5, 5.41) is 0. The highest BCUT2D eigenvalue weighted by molar-refractivity contribution is 5.26. The predicted octanol–water partition coefficient (Wildman–Crippen LogP) is 4.34. The SMILES string of the molecule is C=C1CCC2OC2(C)CC2CCCC3(C)CC1C23COC. The van der Waals surface area contributed by atoms with Crippen LogP contribution in [0.1, 0.15) is 58.8 Å². The minimum absolute atomic E-state index is 0.147. The van der Waals surface area contributed by atoms with Gasteiger partial charge in [0.2, 0.25) is 0 Å². The molecular formula is C19H30O2. The van der Waals surface area contributed by atoms with Gasteiger partial charge in [0, 0.05) is 12.5 Å². The van der Waals surface area contributed by atoms with Crippen LogP contribution in [0.25, 0.3) is 0 Å². The fraction of sp³-hybridized carbons (Fsp3) is 0.895. The van der Waals surface area contributed by atoms with E-state index in [4.69, 9.17) is 9.47 Å². The number of hydrogen-bond donors (Lipinski definition) is 0. The van der Waals surface area contributed by atoms with Crippen LogP contribution in [0.15, 0.2) is 12.2 Å². The smallest absolute Gasteiger partial charge is 0.0923 e. The number of epoxide rings is 1. The summed E-state index contributed by atoms with van der Waals surface area (Å²) in [4.78, 5) is 0. The quantitative estimate of drug-likeness (QED) is 0.557. The molecule has 3 saturated carbocycles. The number of methoxy groups -OCH3 is 1. The van der Waals surface area contributed by atoms with Crippen LogP contribution in [0, 0.1) is 22.7 Å². The van der Waals surface area contributed by atoms with Crippen molar-refractivity contribution in [2.75, 3.05) is 13.7 Å². The second-order valence-corrected chi connectivity index (χ2v) is 8.70.